The number of nitrogens with zero attached hydrogens (tertiary/aromatic N) is 4. The fourth-order valence-corrected chi connectivity index (χ4v) is 4.68. The Morgan fingerprint density at radius 1 is 0.879 bits per heavy atom. The van der Waals surface area contributed by atoms with Crippen molar-refractivity contribution in [1.82, 2.24) is 9.66 Å². The van der Waals surface area contributed by atoms with E-state index in [1.165, 1.54) is 10.9 Å². The molecule has 4 rings (SSSR count). The zero-order valence-corrected chi connectivity index (χ0v) is 22.0. The Balaban J connectivity index is 1.75. The third kappa shape index (κ3) is 5.86. The lowest BCUT2D eigenvalue weighted by Crippen LogP contribution is -1.91. The molecule has 3 aromatic carbocycles. The number of benzene rings is 3. The zero-order valence-electron chi connectivity index (χ0n) is 16.6. The van der Waals surface area contributed by atoms with E-state index >= 15 is 0 Å². The predicted octanol–water partition coefficient (Wildman–Crippen LogP) is 8.37. The van der Waals surface area contributed by atoms with Crippen LogP contribution in [0, 0.1) is 0 Å². The first-order chi connectivity index (χ1) is 15.8. The van der Waals surface area contributed by atoms with E-state index in [1.807, 2.05) is 12.1 Å². The lowest BCUT2D eigenvalue weighted by atomic mass is 10.2. The second kappa shape index (κ2) is 10.4. The minimum atomic E-state index is 0.0643. The lowest BCUT2D eigenvalue weighted by molar-refractivity contribution is 0.471. The van der Waals surface area contributed by atoms with Gasteiger partial charge in [-0.15, -0.1) is 0 Å². The number of phenolic OH excluding ortho intramolecular Hbond substituents is 1. The van der Waals surface area contributed by atoms with Crippen molar-refractivity contribution in [3.05, 3.63) is 95.9 Å². The lowest BCUT2D eigenvalue weighted by Gasteiger charge is -2.03. The molecular formula is C23H13Br2Cl3N4O. The molecule has 4 aromatic rings. The summed E-state index contributed by atoms with van der Waals surface area (Å²) in [6.45, 7) is 0. The van der Waals surface area contributed by atoms with Gasteiger partial charge in [0.25, 0.3) is 5.95 Å². The fourth-order valence-electron chi connectivity index (χ4n) is 2.84. The van der Waals surface area contributed by atoms with Gasteiger partial charge in [0.2, 0.25) is 0 Å². The fraction of sp³-hybridized carbons (Fsp3) is 0. The number of halogens is 5. The first-order valence-corrected chi connectivity index (χ1v) is 12.1. The SMILES string of the molecule is Oc1c(Br)cc(Br)cc1C=Nc1nc(-c2ccc(Cl)cc2)cn1N=Cc1ccc(Cl)cc1Cl. The van der Waals surface area contributed by atoms with Crippen molar-refractivity contribution in [2.24, 2.45) is 10.1 Å². The zero-order chi connectivity index (χ0) is 23.5. The van der Waals surface area contributed by atoms with Crippen molar-refractivity contribution in [1.29, 1.82) is 0 Å². The third-order valence-electron chi connectivity index (χ3n) is 4.47. The number of hydrogen-bond donors (Lipinski definition) is 1. The summed E-state index contributed by atoms with van der Waals surface area (Å²) in [6, 6.07) is 15.9. The molecule has 0 atom stereocenters. The van der Waals surface area contributed by atoms with Gasteiger partial charge >= 0.3 is 0 Å². The maximum Gasteiger partial charge on any atom is 0.251 e. The van der Waals surface area contributed by atoms with Crippen LogP contribution in [0.1, 0.15) is 11.1 Å². The van der Waals surface area contributed by atoms with E-state index in [1.54, 1.807) is 54.9 Å². The van der Waals surface area contributed by atoms with Crippen molar-refractivity contribution in [2.75, 3.05) is 0 Å². The van der Waals surface area contributed by atoms with Crippen LogP contribution in [-0.4, -0.2) is 27.2 Å². The van der Waals surface area contributed by atoms with Gasteiger partial charge in [0.05, 0.1) is 27.6 Å². The molecule has 1 aromatic heterocycles. The topological polar surface area (TPSA) is 62.8 Å². The summed E-state index contributed by atoms with van der Waals surface area (Å²) in [4.78, 5) is 9.06. The number of imidazole rings is 1. The molecule has 0 radical (unpaired) electrons. The van der Waals surface area contributed by atoms with Gasteiger partial charge in [-0.25, -0.2) is 14.7 Å². The van der Waals surface area contributed by atoms with E-state index in [4.69, 9.17) is 34.8 Å². The molecule has 0 amide bonds. The van der Waals surface area contributed by atoms with Gasteiger partial charge in [-0.2, -0.15) is 5.10 Å². The van der Waals surface area contributed by atoms with E-state index < -0.39 is 0 Å². The molecule has 166 valence electrons. The van der Waals surface area contributed by atoms with Crippen LogP contribution < -0.4 is 0 Å². The Morgan fingerprint density at radius 2 is 1.61 bits per heavy atom. The van der Waals surface area contributed by atoms with Crippen molar-refractivity contribution in [3.8, 4) is 17.0 Å². The van der Waals surface area contributed by atoms with E-state index in [-0.39, 0.29) is 5.75 Å². The summed E-state index contributed by atoms with van der Waals surface area (Å²) >= 11 is 25.0. The molecule has 10 heteroatoms. The third-order valence-corrected chi connectivity index (χ3v) is 6.35. The average Bonchev–Trinajstić information content (AvgIpc) is 3.18. The van der Waals surface area contributed by atoms with Gasteiger partial charge in [-0.05, 0) is 52.3 Å². The first-order valence-electron chi connectivity index (χ1n) is 9.37. The van der Waals surface area contributed by atoms with Crippen LogP contribution >= 0.6 is 66.7 Å². The summed E-state index contributed by atoms with van der Waals surface area (Å²) in [6.07, 6.45) is 4.85. The number of rotatable bonds is 5. The van der Waals surface area contributed by atoms with Gasteiger partial charge in [-0.1, -0.05) is 68.9 Å². The molecule has 0 aliphatic carbocycles. The smallest absolute Gasteiger partial charge is 0.251 e. The molecule has 0 aliphatic rings. The van der Waals surface area contributed by atoms with Gasteiger partial charge in [0, 0.05) is 37.4 Å². The molecule has 33 heavy (non-hydrogen) atoms. The van der Waals surface area contributed by atoms with E-state index in [0.29, 0.717) is 42.3 Å². The molecule has 0 fully saturated rings. The molecule has 0 saturated carbocycles. The Hall–Kier alpha value is -2.16. The van der Waals surface area contributed by atoms with Crippen molar-refractivity contribution < 1.29 is 5.11 Å². The van der Waals surface area contributed by atoms with E-state index in [9.17, 15) is 5.11 Å². The van der Waals surface area contributed by atoms with Crippen LogP contribution in [0.25, 0.3) is 11.3 Å². The van der Waals surface area contributed by atoms with Crippen LogP contribution in [0.4, 0.5) is 5.95 Å². The van der Waals surface area contributed by atoms with Gasteiger partial charge < -0.3 is 5.11 Å². The van der Waals surface area contributed by atoms with E-state index in [0.717, 1.165) is 10.0 Å². The number of aromatic hydroxyl groups is 1. The van der Waals surface area contributed by atoms with E-state index in [2.05, 4.69) is 46.9 Å². The Kier molecular flexibility index (Phi) is 7.56. The summed E-state index contributed by atoms with van der Waals surface area (Å²) in [7, 11) is 0. The predicted molar refractivity (Wildman–Crippen MR) is 143 cm³/mol. The molecular weight excluding hydrogens is 614 g/mol. The summed E-state index contributed by atoms with van der Waals surface area (Å²) < 4.78 is 2.85. The minimum Gasteiger partial charge on any atom is -0.506 e. The maximum atomic E-state index is 10.3. The monoisotopic (exact) mass is 624 g/mol. The largest absolute Gasteiger partial charge is 0.506 e. The first kappa shape index (κ1) is 24.0. The Labute approximate surface area is 221 Å². The number of aromatic nitrogens is 2. The molecule has 5 nitrogen and oxygen atoms in total. The second-order valence-electron chi connectivity index (χ2n) is 6.77. The van der Waals surface area contributed by atoms with Gasteiger partial charge in [0.15, 0.2) is 0 Å². The maximum absolute atomic E-state index is 10.3. The quantitative estimate of drug-likeness (QED) is 0.226. The van der Waals surface area contributed by atoms with Crippen LogP contribution in [0.5, 0.6) is 5.75 Å². The number of phenols is 1. The standard InChI is InChI=1S/C23H13Br2Cl3N4O/c24-16-7-15(22(33)19(25)8-16)10-29-23-31-21(13-1-4-17(26)5-2-13)12-32(23)30-11-14-3-6-18(27)9-20(14)28/h1-12,33H. The molecule has 0 saturated heterocycles. The molecule has 0 bridgehead atoms. The van der Waals surface area contributed by atoms with Crippen molar-refractivity contribution >= 4 is 85.0 Å². The normalized spacial score (nSPS) is 11.7. The molecule has 1 heterocycles. The second-order valence-corrected chi connectivity index (χ2v) is 9.82. The summed E-state index contributed by atoms with van der Waals surface area (Å²) in [5.74, 6) is 0.367. The van der Waals surface area contributed by atoms with Gasteiger partial charge in [-0.3, -0.25) is 0 Å². The number of aliphatic imine (C=N–C) groups is 1. The molecule has 0 spiro atoms. The van der Waals surface area contributed by atoms with Crippen LogP contribution in [-0.2, 0) is 0 Å². The van der Waals surface area contributed by atoms with Crippen LogP contribution in [0.3, 0.4) is 0 Å². The molecule has 0 aliphatic heterocycles. The van der Waals surface area contributed by atoms with Crippen molar-refractivity contribution in [2.45, 2.75) is 0 Å². The number of hydrogen-bond acceptors (Lipinski definition) is 4. The highest BCUT2D eigenvalue weighted by Crippen LogP contribution is 2.31. The van der Waals surface area contributed by atoms with Gasteiger partial charge in [0.1, 0.15) is 5.75 Å². The average molecular weight is 628 g/mol. The van der Waals surface area contributed by atoms with Crippen LogP contribution in [0.2, 0.25) is 15.1 Å². The molecule has 1 N–H and O–H groups in total. The minimum absolute atomic E-state index is 0.0643. The summed E-state index contributed by atoms with van der Waals surface area (Å²) in [5, 5.41) is 16.4. The highest BCUT2D eigenvalue weighted by atomic mass is 79.9. The Bertz CT molecular complexity index is 1390. The highest BCUT2D eigenvalue weighted by molar-refractivity contribution is 9.11. The Morgan fingerprint density at radius 3 is 2.33 bits per heavy atom. The summed E-state index contributed by atoms with van der Waals surface area (Å²) in [5.41, 5.74) is 2.69. The van der Waals surface area contributed by atoms with Crippen LogP contribution in [0.15, 0.2) is 79.8 Å². The van der Waals surface area contributed by atoms with Crippen molar-refractivity contribution in [3.63, 3.8) is 0 Å². The molecule has 0 unspecified atom stereocenters. The highest BCUT2D eigenvalue weighted by Gasteiger charge is 2.10.